The van der Waals surface area contributed by atoms with Gasteiger partial charge in [-0.25, -0.2) is 4.79 Å². The van der Waals surface area contributed by atoms with Crippen LogP contribution in [0.1, 0.15) is 73.4 Å². The van der Waals surface area contributed by atoms with Gasteiger partial charge in [-0.3, -0.25) is 4.79 Å². The molecule has 2 heterocycles. The molecule has 5 nitrogen and oxygen atoms in total. The molecule has 0 radical (unpaired) electrons. The summed E-state index contributed by atoms with van der Waals surface area (Å²) in [5.74, 6) is 0.966. The van der Waals surface area contributed by atoms with Crippen LogP contribution in [-0.2, 0) is 21.4 Å². The van der Waals surface area contributed by atoms with Crippen molar-refractivity contribution in [2.45, 2.75) is 75.9 Å². The van der Waals surface area contributed by atoms with Gasteiger partial charge < -0.3 is 14.4 Å². The Morgan fingerprint density at radius 1 is 1.31 bits per heavy atom. The predicted octanol–water partition coefficient (Wildman–Crippen LogP) is 3.66. The summed E-state index contributed by atoms with van der Waals surface area (Å²) in [7, 11) is 2.20. The van der Waals surface area contributed by atoms with Gasteiger partial charge in [-0.05, 0) is 56.8 Å². The molecule has 1 aromatic rings. The van der Waals surface area contributed by atoms with Gasteiger partial charge in [0.05, 0.1) is 6.61 Å². The normalized spacial score (nSPS) is 31.9. The van der Waals surface area contributed by atoms with E-state index in [1.165, 1.54) is 5.56 Å². The Bertz CT molecular complexity index is 850. The Morgan fingerprint density at radius 3 is 3.00 bits per heavy atom. The second kappa shape index (κ2) is 7.12. The average Bonchev–Trinajstić information content (AvgIpc) is 3.07. The lowest BCUT2D eigenvalue weighted by Crippen LogP contribution is -2.65. The van der Waals surface area contributed by atoms with Crippen molar-refractivity contribution < 1.29 is 19.1 Å². The Hall–Kier alpha value is -1.88. The molecule has 156 valence electrons. The highest BCUT2D eigenvalue weighted by Crippen LogP contribution is 2.62. The zero-order valence-corrected chi connectivity index (χ0v) is 17.5. The lowest BCUT2D eigenvalue weighted by Gasteiger charge is -2.57. The van der Waals surface area contributed by atoms with E-state index in [1.54, 1.807) is 0 Å². The molecular weight excluding hydrogens is 366 g/mol. The van der Waals surface area contributed by atoms with E-state index in [2.05, 4.69) is 24.9 Å². The third-order valence-corrected chi connectivity index (χ3v) is 7.86. The van der Waals surface area contributed by atoms with E-state index < -0.39 is 6.10 Å². The molecule has 29 heavy (non-hydrogen) atoms. The smallest absolute Gasteiger partial charge is 0.341 e. The standard InChI is InChI=1S/C24H31NO4/c1-3-4-5-6-13-28-23(27)16-8-7-15-14-18-17-9-10-19(26)22-24(17,11-12-25(18)2)20(15)21(16)29-22/h7-8,17-18,22H,3-6,9-14H2,1-2H3/t17-,18+,22-,24-/m0/s1. The number of nitrogens with zero attached hydrogens (tertiary/aromatic N) is 1. The Labute approximate surface area is 172 Å². The van der Waals surface area contributed by atoms with Gasteiger partial charge in [0.25, 0.3) is 0 Å². The Kier molecular flexibility index (Phi) is 4.69. The van der Waals surface area contributed by atoms with Crippen molar-refractivity contribution in [3.63, 3.8) is 0 Å². The van der Waals surface area contributed by atoms with Gasteiger partial charge in [0, 0.05) is 23.4 Å². The zero-order valence-electron chi connectivity index (χ0n) is 17.5. The Balaban J connectivity index is 1.50. The minimum absolute atomic E-state index is 0.201. The molecule has 0 aromatic heterocycles. The van der Waals surface area contributed by atoms with Crippen LogP contribution in [0.25, 0.3) is 0 Å². The molecule has 1 spiro atoms. The van der Waals surface area contributed by atoms with Crippen molar-refractivity contribution in [3.8, 4) is 5.75 Å². The maximum absolute atomic E-state index is 12.9. The van der Waals surface area contributed by atoms with Gasteiger partial charge in [0.1, 0.15) is 11.3 Å². The molecule has 1 aromatic carbocycles. The van der Waals surface area contributed by atoms with Gasteiger partial charge in [-0.2, -0.15) is 0 Å². The number of Topliss-reactive ketones (excluding diaryl/α,β-unsaturated/α-hetero) is 1. The fraction of sp³-hybridized carbons (Fsp3) is 0.667. The number of likely N-dealkylation sites (N-methyl/N-ethyl adjacent to an activating group) is 1. The number of benzene rings is 1. The topological polar surface area (TPSA) is 55.8 Å². The fourth-order valence-electron chi connectivity index (χ4n) is 6.47. The van der Waals surface area contributed by atoms with Gasteiger partial charge in [-0.15, -0.1) is 0 Å². The number of ether oxygens (including phenoxy) is 2. The number of carbonyl (C=O) groups excluding carboxylic acids is 2. The molecule has 2 aliphatic carbocycles. The summed E-state index contributed by atoms with van der Waals surface area (Å²) in [5, 5.41) is 0. The number of hydrogen-bond acceptors (Lipinski definition) is 5. The van der Waals surface area contributed by atoms with Crippen LogP contribution in [0.15, 0.2) is 12.1 Å². The Morgan fingerprint density at radius 2 is 2.17 bits per heavy atom. The van der Waals surface area contributed by atoms with Crippen LogP contribution in [0, 0.1) is 5.92 Å². The van der Waals surface area contributed by atoms with Gasteiger partial charge in [-0.1, -0.05) is 32.3 Å². The maximum atomic E-state index is 12.9. The van der Waals surface area contributed by atoms with E-state index in [0.717, 1.165) is 57.1 Å². The molecule has 2 fully saturated rings. The lowest BCUT2D eigenvalue weighted by molar-refractivity contribution is -0.138. The molecule has 1 saturated heterocycles. The van der Waals surface area contributed by atoms with Crippen molar-refractivity contribution in [2.24, 2.45) is 5.92 Å². The number of carbonyl (C=O) groups is 2. The number of esters is 1. The first-order valence-corrected chi connectivity index (χ1v) is 11.3. The molecule has 2 aliphatic heterocycles. The van der Waals surface area contributed by atoms with E-state index >= 15 is 0 Å². The summed E-state index contributed by atoms with van der Waals surface area (Å²) in [4.78, 5) is 28.2. The van der Waals surface area contributed by atoms with Crippen LogP contribution in [0.5, 0.6) is 5.75 Å². The van der Waals surface area contributed by atoms with E-state index in [-0.39, 0.29) is 17.2 Å². The van der Waals surface area contributed by atoms with Crippen LogP contribution < -0.4 is 4.74 Å². The molecule has 5 rings (SSSR count). The summed E-state index contributed by atoms with van der Waals surface area (Å²) in [6, 6.07) is 4.40. The molecule has 0 N–H and O–H groups in total. The van der Waals surface area contributed by atoms with Crippen LogP contribution in [0.2, 0.25) is 0 Å². The lowest BCUT2D eigenvalue weighted by atomic mass is 9.51. The predicted molar refractivity (Wildman–Crippen MR) is 109 cm³/mol. The van der Waals surface area contributed by atoms with E-state index in [4.69, 9.17) is 9.47 Å². The third kappa shape index (κ3) is 2.69. The summed E-state index contributed by atoms with van der Waals surface area (Å²) in [5.41, 5.74) is 2.68. The molecule has 2 bridgehead atoms. The van der Waals surface area contributed by atoms with E-state index in [9.17, 15) is 9.59 Å². The van der Waals surface area contributed by atoms with Crippen molar-refractivity contribution in [3.05, 3.63) is 28.8 Å². The van der Waals surface area contributed by atoms with Gasteiger partial charge >= 0.3 is 5.97 Å². The highest BCUT2D eigenvalue weighted by atomic mass is 16.5. The first-order valence-electron chi connectivity index (χ1n) is 11.3. The second-order valence-corrected chi connectivity index (χ2v) is 9.32. The molecule has 5 heteroatoms. The van der Waals surface area contributed by atoms with Crippen LogP contribution in [0.4, 0.5) is 0 Å². The van der Waals surface area contributed by atoms with E-state index in [0.29, 0.717) is 36.3 Å². The number of unbranched alkanes of at least 4 members (excludes halogenated alkanes) is 3. The molecule has 0 amide bonds. The first-order chi connectivity index (χ1) is 14.1. The van der Waals surface area contributed by atoms with Crippen LogP contribution in [0.3, 0.4) is 0 Å². The molecular formula is C24H31NO4. The molecule has 4 aliphatic rings. The highest BCUT2D eigenvalue weighted by Gasteiger charge is 2.65. The van der Waals surface area contributed by atoms with E-state index in [1.807, 2.05) is 6.07 Å². The quantitative estimate of drug-likeness (QED) is 0.542. The van der Waals surface area contributed by atoms with Crippen LogP contribution >= 0.6 is 0 Å². The summed E-state index contributed by atoms with van der Waals surface area (Å²) < 4.78 is 11.9. The minimum atomic E-state index is -0.426. The number of hydrogen-bond donors (Lipinski definition) is 0. The molecule has 1 saturated carbocycles. The number of rotatable bonds is 6. The zero-order chi connectivity index (χ0) is 20.2. The second-order valence-electron chi connectivity index (χ2n) is 9.32. The largest absolute Gasteiger partial charge is 0.480 e. The van der Waals surface area contributed by atoms with Crippen LogP contribution in [-0.4, -0.2) is 49.0 Å². The summed E-state index contributed by atoms with van der Waals surface area (Å²) >= 11 is 0. The highest BCUT2D eigenvalue weighted by molar-refractivity contribution is 5.96. The monoisotopic (exact) mass is 397 g/mol. The number of ketones is 1. The molecule has 0 unspecified atom stereocenters. The SMILES string of the molecule is CCCCCCOC(=O)c1ccc2c3c1O[C@H]1C(=O)CC[C@H]4[C@@H](C2)N(C)CC[C@]314. The summed E-state index contributed by atoms with van der Waals surface area (Å²) in [6.45, 7) is 3.58. The summed E-state index contributed by atoms with van der Waals surface area (Å²) in [6.07, 6.45) is 7.28. The number of piperidine rings is 1. The molecule has 4 atom stereocenters. The minimum Gasteiger partial charge on any atom is -0.480 e. The maximum Gasteiger partial charge on any atom is 0.341 e. The van der Waals surface area contributed by atoms with Gasteiger partial charge in [0.2, 0.25) is 0 Å². The van der Waals surface area contributed by atoms with Crippen molar-refractivity contribution in [1.82, 2.24) is 4.90 Å². The van der Waals surface area contributed by atoms with Crippen molar-refractivity contribution in [1.29, 1.82) is 0 Å². The van der Waals surface area contributed by atoms with Crippen molar-refractivity contribution >= 4 is 11.8 Å². The third-order valence-electron chi connectivity index (χ3n) is 7.86. The van der Waals surface area contributed by atoms with Gasteiger partial charge in [0.15, 0.2) is 11.9 Å². The van der Waals surface area contributed by atoms with Crippen molar-refractivity contribution in [2.75, 3.05) is 20.2 Å². The first kappa shape index (κ1) is 19.1. The number of likely N-dealkylation sites (tertiary alicyclic amines) is 1. The fourth-order valence-corrected chi connectivity index (χ4v) is 6.47. The average molecular weight is 398 g/mol.